The maximum atomic E-state index is 9.75. The summed E-state index contributed by atoms with van der Waals surface area (Å²) < 4.78 is 31.2. The van der Waals surface area contributed by atoms with Gasteiger partial charge >= 0.3 is 10.4 Å². The van der Waals surface area contributed by atoms with Gasteiger partial charge in [-0.05, 0) is 6.08 Å². The molecule has 1 N–H and O–H groups in total. The standard InChI is InChI=1S/C4H6O4S/c1-2-3-4-8-9(5,6)7/h2-4H,1H2,(H,5,6,7). The fraction of sp³-hybridized carbons (Fsp3) is 0. The minimum atomic E-state index is -4.33. The number of hydrogen-bond donors (Lipinski definition) is 1. The van der Waals surface area contributed by atoms with Crippen molar-refractivity contribution in [2.45, 2.75) is 0 Å². The molecule has 0 fully saturated rings. The molecule has 0 aliphatic rings. The van der Waals surface area contributed by atoms with Gasteiger partial charge in [0.15, 0.2) is 0 Å². The van der Waals surface area contributed by atoms with Gasteiger partial charge in [0.25, 0.3) is 0 Å². The summed E-state index contributed by atoms with van der Waals surface area (Å²) in [6.45, 7) is 3.24. The molecule has 52 valence electrons. The molecule has 0 amide bonds. The average molecular weight is 150 g/mol. The van der Waals surface area contributed by atoms with Crippen LogP contribution in [0.5, 0.6) is 0 Å². The Kier molecular flexibility index (Phi) is 2.97. The molecule has 0 saturated carbocycles. The lowest BCUT2D eigenvalue weighted by Gasteiger charge is -1.88. The Morgan fingerprint density at radius 2 is 2.11 bits per heavy atom. The molecule has 0 rings (SSSR count). The van der Waals surface area contributed by atoms with Crippen LogP contribution in [0.25, 0.3) is 0 Å². The van der Waals surface area contributed by atoms with Gasteiger partial charge in [-0.1, -0.05) is 12.7 Å². The van der Waals surface area contributed by atoms with Crippen molar-refractivity contribution in [3.05, 3.63) is 25.0 Å². The quantitative estimate of drug-likeness (QED) is 0.361. The van der Waals surface area contributed by atoms with Gasteiger partial charge in [0.1, 0.15) is 6.26 Å². The highest BCUT2D eigenvalue weighted by atomic mass is 32.3. The molecule has 0 aromatic carbocycles. The Balaban J connectivity index is 3.78. The molecule has 0 aliphatic heterocycles. The van der Waals surface area contributed by atoms with Crippen molar-refractivity contribution in [3.8, 4) is 0 Å². The maximum Gasteiger partial charge on any atom is 0.445 e. The van der Waals surface area contributed by atoms with Gasteiger partial charge in [-0.3, -0.25) is 4.55 Å². The van der Waals surface area contributed by atoms with E-state index in [9.17, 15) is 8.42 Å². The van der Waals surface area contributed by atoms with Gasteiger partial charge in [-0.15, -0.1) is 0 Å². The van der Waals surface area contributed by atoms with Crippen LogP contribution in [0.15, 0.2) is 25.0 Å². The van der Waals surface area contributed by atoms with Crippen LogP contribution in [-0.2, 0) is 14.6 Å². The van der Waals surface area contributed by atoms with E-state index in [4.69, 9.17) is 4.55 Å². The monoisotopic (exact) mass is 150 g/mol. The molecule has 0 unspecified atom stereocenters. The van der Waals surface area contributed by atoms with Crippen LogP contribution in [0.2, 0.25) is 0 Å². The van der Waals surface area contributed by atoms with Crippen molar-refractivity contribution in [2.75, 3.05) is 0 Å². The molecule has 0 aromatic heterocycles. The summed E-state index contributed by atoms with van der Waals surface area (Å²) in [6, 6.07) is 0. The van der Waals surface area contributed by atoms with Crippen molar-refractivity contribution in [3.63, 3.8) is 0 Å². The fourth-order valence-electron chi connectivity index (χ4n) is 0.158. The SMILES string of the molecule is C=CC=COS(=O)(=O)O. The molecular weight excluding hydrogens is 144 g/mol. The molecule has 0 saturated heterocycles. The lowest BCUT2D eigenvalue weighted by atomic mass is 10.6. The first-order chi connectivity index (χ1) is 4.06. The predicted octanol–water partition coefficient (Wildman–Crippen LogP) is 0.506. The van der Waals surface area contributed by atoms with Crippen LogP contribution in [0.3, 0.4) is 0 Å². The molecule has 5 heteroatoms. The summed E-state index contributed by atoms with van der Waals surface area (Å²) in [7, 11) is -4.33. The van der Waals surface area contributed by atoms with E-state index in [0.717, 1.165) is 6.26 Å². The van der Waals surface area contributed by atoms with Gasteiger partial charge in [0.2, 0.25) is 0 Å². The number of allylic oxidation sites excluding steroid dienone is 2. The van der Waals surface area contributed by atoms with Gasteiger partial charge in [0, 0.05) is 0 Å². The van der Waals surface area contributed by atoms with Gasteiger partial charge in [-0.25, -0.2) is 0 Å². The zero-order valence-corrected chi connectivity index (χ0v) is 5.34. The van der Waals surface area contributed by atoms with Crippen LogP contribution < -0.4 is 0 Å². The molecule has 0 aromatic rings. The summed E-state index contributed by atoms with van der Waals surface area (Å²) in [5, 5.41) is 0. The van der Waals surface area contributed by atoms with Crippen molar-refractivity contribution in [2.24, 2.45) is 0 Å². The molecular formula is C4H6O4S. The summed E-state index contributed by atoms with van der Waals surface area (Å²) in [4.78, 5) is 0. The molecule has 0 radical (unpaired) electrons. The highest BCUT2D eigenvalue weighted by Crippen LogP contribution is 1.86. The van der Waals surface area contributed by atoms with E-state index in [1.165, 1.54) is 12.2 Å². The fourth-order valence-corrected chi connectivity index (χ4v) is 0.362. The first kappa shape index (κ1) is 8.19. The normalized spacial score (nSPS) is 11.7. The smallest absolute Gasteiger partial charge is 0.370 e. The van der Waals surface area contributed by atoms with E-state index in [2.05, 4.69) is 10.8 Å². The third-order valence-corrected chi connectivity index (χ3v) is 0.746. The predicted molar refractivity (Wildman–Crippen MR) is 32.0 cm³/mol. The van der Waals surface area contributed by atoms with E-state index < -0.39 is 10.4 Å². The maximum absolute atomic E-state index is 9.75. The number of rotatable bonds is 3. The summed E-state index contributed by atoms with van der Waals surface area (Å²) in [5.41, 5.74) is 0. The second-order valence-corrected chi connectivity index (χ2v) is 2.14. The minimum absolute atomic E-state index is 0.808. The Labute approximate surface area is 53.4 Å². The molecule has 4 nitrogen and oxygen atoms in total. The van der Waals surface area contributed by atoms with Crippen molar-refractivity contribution >= 4 is 10.4 Å². The van der Waals surface area contributed by atoms with Crippen molar-refractivity contribution < 1.29 is 17.2 Å². The van der Waals surface area contributed by atoms with Gasteiger partial charge in [0.05, 0.1) is 0 Å². The van der Waals surface area contributed by atoms with E-state index in [-0.39, 0.29) is 0 Å². The Morgan fingerprint density at radius 3 is 2.44 bits per heavy atom. The zero-order chi connectivity index (χ0) is 7.33. The van der Waals surface area contributed by atoms with Crippen molar-refractivity contribution in [1.29, 1.82) is 0 Å². The summed E-state index contributed by atoms with van der Waals surface area (Å²) >= 11 is 0. The van der Waals surface area contributed by atoms with E-state index in [1.807, 2.05) is 0 Å². The van der Waals surface area contributed by atoms with Crippen LogP contribution in [0.1, 0.15) is 0 Å². The lowest BCUT2D eigenvalue weighted by Crippen LogP contribution is -1.96. The molecule has 0 atom stereocenters. The second-order valence-electron chi connectivity index (χ2n) is 1.09. The summed E-state index contributed by atoms with van der Waals surface area (Å²) in [5.74, 6) is 0. The first-order valence-corrected chi connectivity index (χ1v) is 3.36. The molecule has 0 bridgehead atoms. The highest BCUT2D eigenvalue weighted by molar-refractivity contribution is 7.81. The zero-order valence-electron chi connectivity index (χ0n) is 4.52. The van der Waals surface area contributed by atoms with E-state index >= 15 is 0 Å². The molecule has 9 heavy (non-hydrogen) atoms. The Hall–Kier alpha value is -0.810. The third kappa shape index (κ3) is 7.19. The number of hydrogen-bond acceptors (Lipinski definition) is 3. The van der Waals surface area contributed by atoms with Crippen LogP contribution in [-0.4, -0.2) is 13.0 Å². The first-order valence-electron chi connectivity index (χ1n) is 1.99. The van der Waals surface area contributed by atoms with Crippen LogP contribution >= 0.6 is 0 Å². The Morgan fingerprint density at radius 1 is 1.56 bits per heavy atom. The van der Waals surface area contributed by atoms with Crippen LogP contribution in [0.4, 0.5) is 0 Å². The van der Waals surface area contributed by atoms with Gasteiger partial charge < -0.3 is 4.18 Å². The second kappa shape index (κ2) is 3.26. The molecule has 0 aliphatic carbocycles. The minimum Gasteiger partial charge on any atom is -0.370 e. The lowest BCUT2D eigenvalue weighted by molar-refractivity contribution is 0.356. The van der Waals surface area contributed by atoms with E-state index in [1.54, 1.807) is 0 Å². The summed E-state index contributed by atoms with van der Waals surface area (Å²) in [6.07, 6.45) is 3.35. The van der Waals surface area contributed by atoms with Gasteiger partial charge in [-0.2, -0.15) is 8.42 Å². The van der Waals surface area contributed by atoms with Crippen LogP contribution in [0, 0.1) is 0 Å². The Bertz CT molecular complexity index is 201. The van der Waals surface area contributed by atoms with Crippen molar-refractivity contribution in [1.82, 2.24) is 0 Å². The molecule has 0 spiro atoms. The average Bonchev–Trinajstić information content (AvgIpc) is 1.63. The third-order valence-electron chi connectivity index (χ3n) is 0.392. The highest BCUT2D eigenvalue weighted by Gasteiger charge is 1.97. The largest absolute Gasteiger partial charge is 0.445 e. The molecule has 0 heterocycles. The van der Waals surface area contributed by atoms with E-state index in [0.29, 0.717) is 0 Å². The topological polar surface area (TPSA) is 63.6 Å².